The lowest BCUT2D eigenvalue weighted by Crippen LogP contribution is -2.33. The largest absolute Gasteiger partial charge is 0.333 e. The summed E-state index contributed by atoms with van der Waals surface area (Å²) in [6, 6.07) is 62.4. The van der Waals surface area contributed by atoms with E-state index in [4.69, 9.17) is 4.98 Å². The molecule has 3 heteroatoms. The van der Waals surface area contributed by atoms with Crippen LogP contribution in [0.25, 0.3) is 44.9 Å². The molecule has 284 valence electrons. The Morgan fingerprint density at radius 3 is 1.93 bits per heavy atom. The smallest absolute Gasteiger partial charge is 0.0712 e. The van der Waals surface area contributed by atoms with Crippen molar-refractivity contribution in [3.8, 4) is 33.6 Å². The molecular weight excluding hydrogens is 715 g/mol. The number of allylic oxidation sites excluding steroid dienone is 4. The Bertz CT molecular complexity index is 2830. The maximum absolute atomic E-state index is 5.32. The molecule has 4 aliphatic rings. The minimum absolute atomic E-state index is 0.192. The van der Waals surface area contributed by atoms with Gasteiger partial charge in [-0.05, 0) is 102 Å². The highest BCUT2D eigenvalue weighted by molar-refractivity contribution is 6.11. The predicted molar refractivity (Wildman–Crippen MR) is 247 cm³/mol. The summed E-state index contributed by atoms with van der Waals surface area (Å²) in [4.78, 5) is 10.4. The molecule has 0 saturated carbocycles. The first kappa shape index (κ1) is 35.2. The number of hydrogen-bond acceptors (Lipinski definition) is 3. The molecule has 2 aliphatic carbocycles. The van der Waals surface area contributed by atoms with Crippen molar-refractivity contribution in [1.82, 2.24) is 4.98 Å². The number of rotatable bonds is 6. The number of hydrogen-bond donors (Lipinski definition) is 0. The number of fused-ring (bicyclic) bond motifs is 6. The maximum Gasteiger partial charge on any atom is 0.0712 e. The molecule has 0 bridgehead atoms. The highest BCUT2D eigenvalue weighted by atomic mass is 15.2. The van der Waals surface area contributed by atoms with E-state index in [1.165, 1.54) is 56.1 Å². The van der Waals surface area contributed by atoms with Crippen molar-refractivity contribution in [3.05, 3.63) is 223 Å². The first-order valence-corrected chi connectivity index (χ1v) is 21.1. The zero-order valence-corrected chi connectivity index (χ0v) is 33.2. The fraction of sp³-hybridized carbons (Fsp3) is 0.125. The molecule has 1 aromatic heterocycles. The van der Waals surface area contributed by atoms with E-state index in [0.29, 0.717) is 11.8 Å². The number of para-hydroxylation sites is 3. The Labute approximate surface area is 347 Å². The normalized spacial score (nSPS) is 20.2. The van der Waals surface area contributed by atoms with Crippen LogP contribution in [-0.4, -0.2) is 11.0 Å². The molecule has 3 heterocycles. The second kappa shape index (κ2) is 14.8. The SMILES string of the molecule is CC1C=CCCC1c1cc(-c2ccccc2)nc(-c2cccc(-c3cccc(N4c5ccccc5C5=C(c6ccccc64)N(c4ccccc4)C4C=CC=CC54)c3)c2)c1. The molecule has 0 fully saturated rings. The minimum Gasteiger partial charge on any atom is -0.333 e. The molecule has 0 amide bonds. The van der Waals surface area contributed by atoms with Crippen molar-refractivity contribution in [1.29, 1.82) is 0 Å². The summed E-state index contributed by atoms with van der Waals surface area (Å²) in [5, 5.41) is 0. The van der Waals surface area contributed by atoms with E-state index < -0.39 is 0 Å². The molecule has 11 rings (SSSR count). The third-order valence-electron chi connectivity index (χ3n) is 12.8. The molecule has 0 spiro atoms. The molecule has 4 atom stereocenters. The maximum atomic E-state index is 5.32. The van der Waals surface area contributed by atoms with Gasteiger partial charge in [-0.3, -0.25) is 0 Å². The summed E-state index contributed by atoms with van der Waals surface area (Å²) in [7, 11) is 0. The first-order chi connectivity index (χ1) is 29.2. The monoisotopic (exact) mass is 759 g/mol. The average Bonchev–Trinajstić information content (AvgIpc) is 3.59. The molecule has 3 nitrogen and oxygen atoms in total. The quantitative estimate of drug-likeness (QED) is 0.157. The third kappa shape index (κ3) is 6.17. The molecular formula is C56H45N3. The van der Waals surface area contributed by atoms with E-state index in [1.807, 2.05) is 0 Å². The average molecular weight is 760 g/mol. The van der Waals surface area contributed by atoms with Gasteiger partial charge < -0.3 is 9.80 Å². The van der Waals surface area contributed by atoms with Gasteiger partial charge in [-0.15, -0.1) is 0 Å². The Hall–Kier alpha value is -6.97. The Balaban J connectivity index is 1.03. The van der Waals surface area contributed by atoms with E-state index in [-0.39, 0.29) is 12.0 Å². The molecule has 6 aromatic carbocycles. The molecule has 0 saturated heterocycles. The molecule has 0 N–H and O–H groups in total. The van der Waals surface area contributed by atoms with Crippen LogP contribution < -0.4 is 9.80 Å². The lowest BCUT2D eigenvalue weighted by Gasteiger charge is -2.34. The van der Waals surface area contributed by atoms with E-state index in [9.17, 15) is 0 Å². The van der Waals surface area contributed by atoms with Gasteiger partial charge in [-0.2, -0.15) is 0 Å². The molecule has 4 unspecified atom stereocenters. The highest BCUT2D eigenvalue weighted by Crippen LogP contribution is 2.56. The summed E-state index contributed by atoms with van der Waals surface area (Å²) in [5.41, 5.74) is 17.9. The van der Waals surface area contributed by atoms with E-state index in [1.54, 1.807) is 0 Å². The third-order valence-corrected chi connectivity index (χ3v) is 12.8. The second-order valence-electron chi connectivity index (χ2n) is 16.3. The van der Waals surface area contributed by atoms with Crippen molar-refractivity contribution in [2.75, 3.05) is 9.80 Å². The standard InChI is InChI=1S/C56H45N3/c1-38-18-8-9-27-46(38)43-36-50(39-19-4-2-5-20-39)57-51(37-43)42-23-16-21-40(34-42)41-22-17-26-45(35-41)58-52-31-13-10-28-47(52)55-48-29-11-14-32-53(48)59(44-24-6-3-7-25-44)56(55)49-30-12-15-33-54(49)58/h2-8,10-26,28-38,46,48,53H,9,27H2,1H3. The summed E-state index contributed by atoms with van der Waals surface area (Å²) in [6.07, 6.45) is 16.2. The Kier molecular flexibility index (Phi) is 8.81. The van der Waals surface area contributed by atoms with Crippen LogP contribution in [0.2, 0.25) is 0 Å². The number of anilines is 4. The number of aromatic nitrogens is 1. The summed E-state index contributed by atoms with van der Waals surface area (Å²) < 4.78 is 0. The summed E-state index contributed by atoms with van der Waals surface area (Å²) in [5.74, 6) is 1.17. The number of benzene rings is 6. The van der Waals surface area contributed by atoms with Crippen LogP contribution in [0.3, 0.4) is 0 Å². The lowest BCUT2D eigenvalue weighted by molar-refractivity contribution is 0.492. The first-order valence-electron chi connectivity index (χ1n) is 21.1. The van der Waals surface area contributed by atoms with Crippen LogP contribution in [0.4, 0.5) is 22.7 Å². The topological polar surface area (TPSA) is 19.4 Å². The lowest BCUT2D eigenvalue weighted by atomic mass is 9.80. The summed E-state index contributed by atoms with van der Waals surface area (Å²) in [6.45, 7) is 2.35. The van der Waals surface area contributed by atoms with Gasteiger partial charge in [0, 0.05) is 39.5 Å². The van der Waals surface area contributed by atoms with Gasteiger partial charge in [0.05, 0.1) is 34.5 Å². The summed E-state index contributed by atoms with van der Waals surface area (Å²) >= 11 is 0. The van der Waals surface area contributed by atoms with Crippen LogP contribution in [-0.2, 0) is 0 Å². The minimum atomic E-state index is 0.192. The van der Waals surface area contributed by atoms with Gasteiger partial charge in [0.1, 0.15) is 0 Å². The van der Waals surface area contributed by atoms with Crippen LogP contribution in [0.1, 0.15) is 42.4 Å². The predicted octanol–water partition coefficient (Wildman–Crippen LogP) is 14.4. The van der Waals surface area contributed by atoms with Crippen molar-refractivity contribution in [2.45, 2.75) is 31.7 Å². The van der Waals surface area contributed by atoms with Crippen molar-refractivity contribution >= 4 is 34.0 Å². The van der Waals surface area contributed by atoms with Gasteiger partial charge >= 0.3 is 0 Å². The highest BCUT2D eigenvalue weighted by Gasteiger charge is 2.44. The van der Waals surface area contributed by atoms with Crippen LogP contribution >= 0.6 is 0 Å². The molecule has 0 radical (unpaired) electrons. The van der Waals surface area contributed by atoms with Gasteiger partial charge in [0.15, 0.2) is 0 Å². The zero-order chi connectivity index (χ0) is 39.3. The molecule has 59 heavy (non-hydrogen) atoms. The van der Waals surface area contributed by atoms with Gasteiger partial charge in [0.2, 0.25) is 0 Å². The van der Waals surface area contributed by atoms with Gasteiger partial charge in [0.25, 0.3) is 0 Å². The van der Waals surface area contributed by atoms with E-state index in [0.717, 1.165) is 41.0 Å². The van der Waals surface area contributed by atoms with Gasteiger partial charge in [-0.25, -0.2) is 4.98 Å². The van der Waals surface area contributed by atoms with E-state index >= 15 is 0 Å². The van der Waals surface area contributed by atoms with E-state index in [2.05, 4.69) is 223 Å². The van der Waals surface area contributed by atoms with Crippen LogP contribution in [0.15, 0.2) is 206 Å². The van der Waals surface area contributed by atoms with Crippen LogP contribution in [0, 0.1) is 11.8 Å². The number of nitrogens with zero attached hydrogens (tertiary/aromatic N) is 3. The van der Waals surface area contributed by atoms with Crippen molar-refractivity contribution in [2.24, 2.45) is 11.8 Å². The van der Waals surface area contributed by atoms with Crippen LogP contribution in [0.5, 0.6) is 0 Å². The van der Waals surface area contributed by atoms with Crippen molar-refractivity contribution < 1.29 is 0 Å². The fourth-order valence-electron chi connectivity index (χ4n) is 10.00. The van der Waals surface area contributed by atoms with Crippen molar-refractivity contribution in [3.63, 3.8) is 0 Å². The number of pyridine rings is 1. The molecule has 2 aliphatic heterocycles. The fourth-order valence-corrected chi connectivity index (χ4v) is 10.00. The second-order valence-corrected chi connectivity index (χ2v) is 16.3. The van der Waals surface area contributed by atoms with Gasteiger partial charge in [-0.1, -0.05) is 159 Å². The Morgan fingerprint density at radius 1 is 0.525 bits per heavy atom. The molecule has 7 aromatic rings. The zero-order valence-electron chi connectivity index (χ0n) is 33.2. The Morgan fingerprint density at radius 2 is 1.14 bits per heavy atom.